The minimum atomic E-state index is 0.0772. The normalized spacial score (nSPS) is 18.9. The number of halogens is 2. The van der Waals surface area contributed by atoms with Crippen molar-refractivity contribution in [3.05, 3.63) is 68.1 Å². The van der Waals surface area contributed by atoms with Crippen LogP contribution in [0.4, 0.5) is 0 Å². The highest BCUT2D eigenvalue weighted by molar-refractivity contribution is 9.10. The summed E-state index contributed by atoms with van der Waals surface area (Å²) in [7, 11) is 0. The Balaban J connectivity index is 2.02. The van der Waals surface area contributed by atoms with Crippen molar-refractivity contribution >= 4 is 49.8 Å². The summed E-state index contributed by atoms with van der Waals surface area (Å²) in [5, 5.41) is 0. The van der Waals surface area contributed by atoms with Gasteiger partial charge in [-0.25, -0.2) is 9.97 Å². The van der Waals surface area contributed by atoms with Gasteiger partial charge in [-0.15, -0.1) is 0 Å². The standard InChI is InChI=1S/C20H19Br2N3O/c1-13(2)25-11-16(9-14-5-3-7-23-19(14)21)18(26)17(12-25)10-15-6-4-8-24-20(15)22/h3-10,13H,11-12H2,1-2H3/b16-9+,17-10+. The Morgan fingerprint density at radius 1 is 0.962 bits per heavy atom. The minimum Gasteiger partial charge on any atom is -0.292 e. The Labute approximate surface area is 170 Å². The Morgan fingerprint density at radius 2 is 1.42 bits per heavy atom. The summed E-state index contributed by atoms with van der Waals surface area (Å²) in [6, 6.07) is 7.98. The topological polar surface area (TPSA) is 46.1 Å². The maximum absolute atomic E-state index is 13.1. The van der Waals surface area contributed by atoms with E-state index in [0.29, 0.717) is 19.1 Å². The molecule has 1 aliphatic rings. The molecule has 4 nitrogen and oxygen atoms in total. The van der Waals surface area contributed by atoms with Crippen molar-refractivity contribution in [1.29, 1.82) is 0 Å². The number of nitrogens with zero attached hydrogens (tertiary/aromatic N) is 3. The molecule has 1 saturated heterocycles. The number of carbonyl (C=O) groups excluding carboxylic acids is 1. The predicted octanol–water partition coefficient (Wildman–Crippen LogP) is 4.76. The second kappa shape index (κ2) is 8.37. The molecule has 0 N–H and O–H groups in total. The smallest absolute Gasteiger partial charge is 0.187 e. The van der Waals surface area contributed by atoms with Crippen LogP contribution in [0, 0.1) is 0 Å². The average molecular weight is 477 g/mol. The summed E-state index contributed by atoms with van der Waals surface area (Å²) >= 11 is 6.91. The summed E-state index contributed by atoms with van der Waals surface area (Å²) in [6.45, 7) is 5.54. The van der Waals surface area contributed by atoms with E-state index in [4.69, 9.17) is 0 Å². The Kier molecular flexibility index (Phi) is 6.16. The lowest BCUT2D eigenvalue weighted by molar-refractivity contribution is -0.113. The van der Waals surface area contributed by atoms with Gasteiger partial charge in [0.1, 0.15) is 9.21 Å². The molecule has 0 spiro atoms. The first-order valence-corrected chi connectivity index (χ1v) is 9.95. The van der Waals surface area contributed by atoms with E-state index in [1.54, 1.807) is 12.4 Å². The molecule has 0 bridgehead atoms. The number of aromatic nitrogens is 2. The molecule has 2 aromatic rings. The van der Waals surface area contributed by atoms with Gasteiger partial charge in [-0.2, -0.15) is 0 Å². The van der Waals surface area contributed by atoms with Crippen LogP contribution in [-0.2, 0) is 4.79 Å². The largest absolute Gasteiger partial charge is 0.292 e. The minimum absolute atomic E-state index is 0.0772. The summed E-state index contributed by atoms with van der Waals surface area (Å²) in [5.41, 5.74) is 3.35. The van der Waals surface area contributed by atoms with E-state index >= 15 is 0 Å². The van der Waals surface area contributed by atoms with Crippen LogP contribution >= 0.6 is 31.9 Å². The quantitative estimate of drug-likeness (QED) is 0.473. The second-order valence-electron chi connectivity index (χ2n) is 6.43. The summed E-state index contributed by atoms with van der Waals surface area (Å²) in [6.07, 6.45) is 7.31. The number of piperidine rings is 1. The van der Waals surface area contributed by atoms with E-state index in [2.05, 4.69) is 60.6 Å². The third-order valence-electron chi connectivity index (χ3n) is 4.30. The van der Waals surface area contributed by atoms with Crippen LogP contribution in [-0.4, -0.2) is 39.8 Å². The van der Waals surface area contributed by atoms with Gasteiger partial charge in [0.05, 0.1) is 0 Å². The zero-order valence-corrected chi connectivity index (χ0v) is 17.8. The molecule has 0 atom stereocenters. The zero-order chi connectivity index (χ0) is 18.7. The summed E-state index contributed by atoms with van der Waals surface area (Å²) < 4.78 is 1.48. The number of ketones is 1. The fraction of sp³-hybridized carbons (Fsp3) is 0.250. The van der Waals surface area contributed by atoms with Crippen molar-refractivity contribution < 1.29 is 4.79 Å². The molecular formula is C20H19Br2N3O. The van der Waals surface area contributed by atoms with E-state index in [0.717, 1.165) is 31.5 Å². The van der Waals surface area contributed by atoms with E-state index in [-0.39, 0.29) is 5.78 Å². The van der Waals surface area contributed by atoms with E-state index in [1.165, 1.54) is 0 Å². The fourth-order valence-electron chi connectivity index (χ4n) is 2.82. The van der Waals surface area contributed by atoms with Gasteiger partial charge in [-0.3, -0.25) is 9.69 Å². The SMILES string of the molecule is CC(C)N1C/C(=C\c2cccnc2Br)C(=O)/C(=C/c2cccnc2Br)C1. The number of likely N-dealkylation sites (tertiary alicyclic amines) is 1. The maximum Gasteiger partial charge on any atom is 0.187 e. The molecular weight excluding hydrogens is 458 g/mol. The number of pyridine rings is 2. The third kappa shape index (κ3) is 4.37. The molecule has 0 unspecified atom stereocenters. The van der Waals surface area contributed by atoms with Gasteiger partial charge in [-0.05, 0) is 70.0 Å². The van der Waals surface area contributed by atoms with Gasteiger partial charge in [0, 0.05) is 53.8 Å². The number of Topliss-reactive ketones (excluding diaryl/α,β-unsaturated/α-hetero) is 1. The molecule has 6 heteroatoms. The first-order chi connectivity index (χ1) is 12.5. The molecule has 0 saturated carbocycles. The lowest BCUT2D eigenvalue weighted by Crippen LogP contribution is -2.41. The Morgan fingerprint density at radius 3 is 1.81 bits per heavy atom. The number of carbonyl (C=O) groups is 1. The van der Waals surface area contributed by atoms with Gasteiger partial charge < -0.3 is 0 Å². The van der Waals surface area contributed by atoms with Crippen LogP contribution < -0.4 is 0 Å². The van der Waals surface area contributed by atoms with Crippen molar-refractivity contribution in [3.63, 3.8) is 0 Å². The highest BCUT2D eigenvalue weighted by atomic mass is 79.9. The Hall–Kier alpha value is -1.63. The van der Waals surface area contributed by atoms with Crippen LogP contribution in [0.2, 0.25) is 0 Å². The van der Waals surface area contributed by atoms with Gasteiger partial charge in [0.25, 0.3) is 0 Å². The molecule has 1 fully saturated rings. The molecule has 26 heavy (non-hydrogen) atoms. The van der Waals surface area contributed by atoms with Crippen LogP contribution in [0.25, 0.3) is 12.2 Å². The van der Waals surface area contributed by atoms with Crippen molar-refractivity contribution in [2.45, 2.75) is 19.9 Å². The lowest BCUT2D eigenvalue weighted by atomic mass is 9.94. The number of rotatable bonds is 3. The molecule has 2 aromatic heterocycles. The van der Waals surface area contributed by atoms with Crippen molar-refractivity contribution in [2.24, 2.45) is 0 Å². The molecule has 0 aromatic carbocycles. The molecule has 0 radical (unpaired) electrons. The van der Waals surface area contributed by atoms with Crippen molar-refractivity contribution in [2.75, 3.05) is 13.1 Å². The van der Waals surface area contributed by atoms with Crippen LogP contribution in [0.5, 0.6) is 0 Å². The molecule has 0 aliphatic carbocycles. The summed E-state index contributed by atoms with van der Waals surface area (Å²) in [5.74, 6) is 0.0772. The van der Waals surface area contributed by atoms with Gasteiger partial charge in [0.2, 0.25) is 0 Å². The second-order valence-corrected chi connectivity index (χ2v) is 7.94. The van der Waals surface area contributed by atoms with E-state index in [1.807, 2.05) is 36.4 Å². The maximum atomic E-state index is 13.1. The van der Waals surface area contributed by atoms with Crippen molar-refractivity contribution in [3.8, 4) is 0 Å². The molecule has 134 valence electrons. The molecule has 3 rings (SSSR count). The van der Waals surface area contributed by atoms with Gasteiger partial charge >= 0.3 is 0 Å². The predicted molar refractivity (Wildman–Crippen MR) is 112 cm³/mol. The van der Waals surface area contributed by atoms with E-state index < -0.39 is 0 Å². The highest BCUT2D eigenvalue weighted by Crippen LogP contribution is 2.26. The van der Waals surface area contributed by atoms with Crippen LogP contribution in [0.15, 0.2) is 57.0 Å². The first-order valence-electron chi connectivity index (χ1n) is 8.36. The van der Waals surface area contributed by atoms with E-state index in [9.17, 15) is 4.79 Å². The molecule has 0 amide bonds. The van der Waals surface area contributed by atoms with Gasteiger partial charge in [-0.1, -0.05) is 12.1 Å². The lowest BCUT2D eigenvalue weighted by Gasteiger charge is -2.32. The third-order valence-corrected chi connectivity index (χ3v) is 5.62. The van der Waals surface area contributed by atoms with Crippen LogP contribution in [0.1, 0.15) is 25.0 Å². The summed E-state index contributed by atoms with van der Waals surface area (Å²) in [4.78, 5) is 23.9. The number of hydrogen-bond donors (Lipinski definition) is 0. The molecule has 3 heterocycles. The average Bonchev–Trinajstić information content (AvgIpc) is 2.61. The first kappa shape index (κ1) is 19.1. The van der Waals surface area contributed by atoms with Crippen LogP contribution in [0.3, 0.4) is 0 Å². The molecule has 1 aliphatic heterocycles. The fourth-order valence-corrected chi connectivity index (χ4v) is 3.55. The van der Waals surface area contributed by atoms with Gasteiger partial charge in [0.15, 0.2) is 5.78 Å². The zero-order valence-electron chi connectivity index (χ0n) is 14.6. The number of hydrogen-bond acceptors (Lipinski definition) is 4. The monoisotopic (exact) mass is 475 g/mol. The Bertz CT molecular complexity index is 823. The highest BCUT2D eigenvalue weighted by Gasteiger charge is 2.27. The van der Waals surface area contributed by atoms with Crippen molar-refractivity contribution in [1.82, 2.24) is 14.9 Å².